The van der Waals surface area contributed by atoms with E-state index in [1.807, 2.05) is 0 Å². The summed E-state index contributed by atoms with van der Waals surface area (Å²) in [6.07, 6.45) is 0. The molecular formula is C2N2NaP. The zero-order chi connectivity index (χ0) is 4.12. The van der Waals surface area contributed by atoms with Crippen molar-refractivity contribution in [2.75, 3.05) is 0 Å². The van der Waals surface area contributed by atoms with Crippen molar-refractivity contribution in [1.82, 2.24) is 0 Å². The number of nitriles is 2. The number of rotatable bonds is 0. The van der Waals surface area contributed by atoms with Crippen molar-refractivity contribution in [3.63, 3.8) is 0 Å². The second-order valence-corrected chi connectivity index (χ2v) is 0.935. The van der Waals surface area contributed by atoms with E-state index in [0.717, 1.165) is 0 Å². The molecule has 0 bridgehead atoms. The van der Waals surface area contributed by atoms with E-state index in [1.165, 1.54) is 0 Å². The van der Waals surface area contributed by atoms with E-state index < -0.39 is 0 Å². The van der Waals surface area contributed by atoms with Crippen LogP contribution in [-0.4, -0.2) is 0 Å². The maximum atomic E-state index is 7.58. The van der Waals surface area contributed by atoms with Crippen molar-refractivity contribution < 1.29 is 29.6 Å². The third-order valence-electron chi connectivity index (χ3n) is 0.100. The van der Waals surface area contributed by atoms with Gasteiger partial charge in [0, 0.05) is 0 Å². The van der Waals surface area contributed by atoms with Crippen molar-refractivity contribution in [2.24, 2.45) is 0 Å². The van der Waals surface area contributed by atoms with Crippen molar-refractivity contribution in [3.05, 3.63) is 0 Å². The zero-order valence-corrected chi connectivity index (χ0v) is 6.24. The van der Waals surface area contributed by atoms with E-state index in [1.54, 1.807) is 11.6 Å². The third kappa shape index (κ3) is 8.83. The van der Waals surface area contributed by atoms with E-state index in [0.29, 0.717) is 0 Å². The summed E-state index contributed by atoms with van der Waals surface area (Å²) in [5.74, 6) is 3.26. The van der Waals surface area contributed by atoms with Gasteiger partial charge in [0.15, 0.2) is 0 Å². The predicted octanol–water partition coefficient (Wildman–Crippen LogP) is -2.10. The maximum absolute atomic E-state index is 7.58. The van der Waals surface area contributed by atoms with Crippen LogP contribution >= 0.6 is 8.58 Å². The Kier molecular flexibility index (Phi) is 14.5. The standard InChI is InChI=1S/C2N2P.Na/c3-1-5-2-4;/q-1;+1. The minimum atomic E-state index is 0. The largest absolute Gasteiger partial charge is 1.00 e. The molecule has 0 fully saturated rings. The van der Waals surface area contributed by atoms with Crippen LogP contribution in [0.1, 0.15) is 0 Å². The molecule has 0 rings (SSSR count). The molecule has 2 nitrogen and oxygen atoms in total. The van der Waals surface area contributed by atoms with Crippen LogP contribution in [0, 0.1) is 22.1 Å². The van der Waals surface area contributed by atoms with Crippen LogP contribution in [0.4, 0.5) is 0 Å². The smallest absolute Gasteiger partial charge is 0.303 e. The average molecular weight is 106 g/mol. The van der Waals surface area contributed by atoms with Crippen LogP contribution < -0.4 is 29.6 Å². The fourth-order valence-corrected chi connectivity index (χ4v) is 0.0671. The van der Waals surface area contributed by atoms with Crippen LogP contribution in [0.15, 0.2) is 0 Å². The molecule has 0 aromatic heterocycles. The Balaban J connectivity index is 0. The second kappa shape index (κ2) is 9.05. The molecule has 0 radical (unpaired) electrons. The van der Waals surface area contributed by atoms with Gasteiger partial charge in [0.25, 0.3) is 0 Å². The van der Waals surface area contributed by atoms with Gasteiger partial charge < -0.3 is 8.58 Å². The van der Waals surface area contributed by atoms with E-state index >= 15 is 0 Å². The number of hydrogen-bond acceptors (Lipinski definition) is 2. The molecule has 0 spiro atoms. The van der Waals surface area contributed by atoms with Gasteiger partial charge in [-0.2, -0.15) is 0 Å². The minimum Gasteiger partial charge on any atom is -0.303 e. The summed E-state index contributed by atoms with van der Waals surface area (Å²) in [7, 11) is 0.191. The Hall–Kier alpha value is 0.410. The normalized spacial score (nSPS) is 3.67. The summed E-state index contributed by atoms with van der Waals surface area (Å²) in [5, 5.41) is 15.2. The molecule has 0 saturated carbocycles. The molecule has 0 heterocycles. The van der Waals surface area contributed by atoms with Crippen LogP contribution in [0.3, 0.4) is 0 Å². The summed E-state index contributed by atoms with van der Waals surface area (Å²) in [6.45, 7) is 0. The topological polar surface area (TPSA) is 47.6 Å². The van der Waals surface area contributed by atoms with Gasteiger partial charge in [-0.1, -0.05) is 0 Å². The first-order chi connectivity index (χ1) is 2.41. The molecular weight excluding hydrogens is 106 g/mol. The maximum Gasteiger partial charge on any atom is 1.00 e. The minimum absolute atomic E-state index is 0. The van der Waals surface area contributed by atoms with Gasteiger partial charge in [-0.25, -0.2) is 10.5 Å². The Bertz CT molecular complexity index is 76.7. The zero-order valence-electron chi connectivity index (χ0n) is 3.34. The van der Waals surface area contributed by atoms with Gasteiger partial charge in [-0.05, 0) is 0 Å². The first-order valence-electron chi connectivity index (χ1n) is 0.894. The molecule has 0 unspecified atom stereocenters. The van der Waals surface area contributed by atoms with Gasteiger partial charge in [-0.3, -0.25) is 0 Å². The Morgan fingerprint density at radius 3 is 1.50 bits per heavy atom. The van der Waals surface area contributed by atoms with Gasteiger partial charge >= 0.3 is 29.6 Å². The molecule has 0 aromatic carbocycles. The van der Waals surface area contributed by atoms with Gasteiger partial charge in [0.2, 0.25) is 0 Å². The van der Waals surface area contributed by atoms with Crippen molar-refractivity contribution in [1.29, 1.82) is 10.5 Å². The van der Waals surface area contributed by atoms with E-state index in [-0.39, 0.29) is 38.1 Å². The number of nitrogens with zero attached hydrogens (tertiary/aromatic N) is 2. The summed E-state index contributed by atoms with van der Waals surface area (Å²) in [5.41, 5.74) is 0. The van der Waals surface area contributed by atoms with Crippen molar-refractivity contribution >= 4 is 8.58 Å². The van der Waals surface area contributed by atoms with Gasteiger partial charge in [0.1, 0.15) is 0 Å². The molecule has 0 N–H and O–H groups in total. The molecule has 0 amide bonds. The molecule has 6 heavy (non-hydrogen) atoms. The van der Waals surface area contributed by atoms with Crippen molar-refractivity contribution in [3.8, 4) is 11.6 Å². The average Bonchev–Trinajstić information content (AvgIpc) is 1.41. The predicted molar refractivity (Wildman–Crippen MR) is 18.1 cm³/mol. The quantitative estimate of drug-likeness (QED) is 0.262. The Labute approximate surface area is 60.2 Å². The first-order valence-corrected chi connectivity index (χ1v) is 1.79. The van der Waals surface area contributed by atoms with Crippen LogP contribution in [0.2, 0.25) is 0 Å². The molecule has 24 valence electrons. The van der Waals surface area contributed by atoms with E-state index in [2.05, 4.69) is 0 Å². The van der Waals surface area contributed by atoms with Crippen LogP contribution in [0.25, 0.3) is 0 Å². The molecule has 0 saturated heterocycles. The van der Waals surface area contributed by atoms with Crippen molar-refractivity contribution in [2.45, 2.75) is 0 Å². The Morgan fingerprint density at radius 1 is 1.17 bits per heavy atom. The van der Waals surface area contributed by atoms with E-state index in [4.69, 9.17) is 10.5 Å². The Morgan fingerprint density at radius 2 is 1.50 bits per heavy atom. The van der Waals surface area contributed by atoms with E-state index in [9.17, 15) is 0 Å². The molecule has 0 atom stereocenters. The molecule has 4 heteroatoms. The summed E-state index contributed by atoms with van der Waals surface area (Å²) in [6, 6.07) is 0. The second-order valence-electron chi connectivity index (χ2n) is 0.312. The number of hydrogen-bond donors (Lipinski definition) is 0. The summed E-state index contributed by atoms with van der Waals surface area (Å²) < 4.78 is 0. The first kappa shape index (κ1) is 9.65. The van der Waals surface area contributed by atoms with Gasteiger partial charge in [0.05, 0.1) is 0 Å². The summed E-state index contributed by atoms with van der Waals surface area (Å²) in [4.78, 5) is 0. The van der Waals surface area contributed by atoms with Crippen LogP contribution in [0.5, 0.6) is 0 Å². The third-order valence-corrected chi connectivity index (χ3v) is 0.300. The fourth-order valence-electron chi connectivity index (χ4n) is 0.0224. The molecule has 0 aliphatic rings. The van der Waals surface area contributed by atoms with Gasteiger partial charge in [-0.15, -0.1) is 11.6 Å². The monoisotopic (exact) mass is 106 g/mol. The molecule has 0 aliphatic heterocycles. The SMILES string of the molecule is N#C[P-]C#N.[Na+]. The molecule has 0 aliphatic carbocycles. The molecule has 0 aromatic rings. The summed E-state index contributed by atoms with van der Waals surface area (Å²) >= 11 is 0. The van der Waals surface area contributed by atoms with Crippen LogP contribution in [-0.2, 0) is 0 Å². The fraction of sp³-hybridized carbons (Fsp3) is 0.